The van der Waals surface area contributed by atoms with E-state index < -0.39 is 0 Å². The Kier molecular flexibility index (Phi) is 6.31. The summed E-state index contributed by atoms with van der Waals surface area (Å²) in [5.41, 5.74) is 5.92. The second-order valence-corrected chi connectivity index (χ2v) is 7.07. The van der Waals surface area contributed by atoms with Crippen molar-refractivity contribution in [2.45, 2.75) is 45.1 Å². The van der Waals surface area contributed by atoms with E-state index in [1.807, 2.05) is 13.8 Å². The molecule has 7 nitrogen and oxygen atoms in total. The number of nitrogens with one attached hydrogen (secondary N) is 1. The second kappa shape index (κ2) is 8.04. The van der Waals surface area contributed by atoms with Crippen molar-refractivity contribution in [3.63, 3.8) is 0 Å². The van der Waals surface area contributed by atoms with Gasteiger partial charge >= 0.3 is 0 Å². The monoisotopic (exact) mass is 371 g/mol. The maximum Gasteiger partial charge on any atom is 0.271 e. The Morgan fingerprint density at radius 2 is 2.21 bits per heavy atom. The number of rotatable bonds is 7. The van der Waals surface area contributed by atoms with E-state index in [0.29, 0.717) is 30.5 Å². The van der Waals surface area contributed by atoms with Crippen LogP contribution < -0.4 is 11.1 Å². The number of carbonyl (C=O) groups is 1. The number of amides is 1. The van der Waals surface area contributed by atoms with Crippen LogP contribution in [0.3, 0.4) is 0 Å². The first-order valence-corrected chi connectivity index (χ1v) is 8.75. The fourth-order valence-corrected chi connectivity index (χ4v) is 3.06. The molecule has 3 N–H and O–H groups in total. The minimum atomic E-state index is -0.317. The topological polar surface area (TPSA) is 107 Å². The Bertz CT molecular complexity index is 683. The molecule has 9 heteroatoms. The summed E-state index contributed by atoms with van der Waals surface area (Å²) in [5, 5.41) is 9.60. The summed E-state index contributed by atoms with van der Waals surface area (Å²) in [5.74, 6) is 1.54. The minimum Gasteiger partial charge on any atom is -0.339 e. The molecule has 0 spiro atoms. The molecule has 3 rings (SSSR count). The van der Waals surface area contributed by atoms with Gasteiger partial charge in [-0.1, -0.05) is 19.0 Å². The lowest BCUT2D eigenvalue weighted by atomic mass is 10.0. The molecule has 0 aliphatic heterocycles. The van der Waals surface area contributed by atoms with Crippen LogP contribution in [0.2, 0.25) is 0 Å². The molecule has 0 aromatic carbocycles. The molecule has 2 heterocycles. The van der Waals surface area contributed by atoms with Crippen LogP contribution in [0.25, 0.3) is 0 Å². The zero-order valence-corrected chi connectivity index (χ0v) is 15.3. The van der Waals surface area contributed by atoms with Gasteiger partial charge in [0.1, 0.15) is 11.7 Å². The minimum absolute atomic E-state index is 0. The number of aromatic nitrogens is 3. The third-order valence-corrected chi connectivity index (χ3v) is 4.67. The number of halogens is 1. The van der Waals surface area contributed by atoms with Crippen molar-refractivity contribution in [2.24, 2.45) is 11.7 Å². The zero-order valence-electron chi connectivity index (χ0n) is 13.7. The van der Waals surface area contributed by atoms with Gasteiger partial charge in [-0.3, -0.25) is 4.79 Å². The number of thiazole rings is 1. The summed E-state index contributed by atoms with van der Waals surface area (Å²) >= 11 is 1.45. The van der Waals surface area contributed by atoms with E-state index in [1.54, 1.807) is 5.38 Å². The molecular weight excluding hydrogens is 350 g/mol. The number of nitrogens with zero attached hydrogens (tertiary/aromatic N) is 3. The standard InChI is InChI=1S/C15H21N5O2S.ClH/c1-8(2)12(15-19-13(20-22-15)9-3-4-9)18-14(21)10-7-23-11(17-10)5-6-16;/h7-9,12H,3-6,16H2,1-2H3,(H,18,21);1H. The lowest BCUT2D eigenvalue weighted by Gasteiger charge is -2.17. The molecule has 1 aliphatic carbocycles. The van der Waals surface area contributed by atoms with Gasteiger partial charge in [0.05, 0.1) is 5.01 Å². The molecule has 132 valence electrons. The molecule has 1 fully saturated rings. The summed E-state index contributed by atoms with van der Waals surface area (Å²) in [4.78, 5) is 21.2. The molecule has 1 unspecified atom stereocenters. The van der Waals surface area contributed by atoms with Crippen molar-refractivity contribution in [3.8, 4) is 0 Å². The van der Waals surface area contributed by atoms with Gasteiger partial charge in [-0.05, 0) is 25.3 Å². The van der Waals surface area contributed by atoms with Crippen LogP contribution in [0.1, 0.15) is 65.9 Å². The average molecular weight is 372 g/mol. The van der Waals surface area contributed by atoms with Crippen molar-refractivity contribution < 1.29 is 9.32 Å². The summed E-state index contributed by atoms with van der Waals surface area (Å²) in [6, 6.07) is -0.317. The number of nitrogens with two attached hydrogens (primary N) is 1. The van der Waals surface area contributed by atoms with E-state index in [1.165, 1.54) is 11.3 Å². The van der Waals surface area contributed by atoms with E-state index in [4.69, 9.17) is 10.3 Å². The van der Waals surface area contributed by atoms with Gasteiger partial charge in [0.2, 0.25) is 5.89 Å². The van der Waals surface area contributed by atoms with Crippen LogP contribution in [0, 0.1) is 5.92 Å². The fraction of sp³-hybridized carbons (Fsp3) is 0.600. The second-order valence-electron chi connectivity index (χ2n) is 6.13. The van der Waals surface area contributed by atoms with E-state index >= 15 is 0 Å². The predicted molar refractivity (Wildman–Crippen MR) is 93.4 cm³/mol. The van der Waals surface area contributed by atoms with Crippen LogP contribution in [-0.2, 0) is 6.42 Å². The summed E-state index contributed by atoms with van der Waals surface area (Å²) in [7, 11) is 0. The smallest absolute Gasteiger partial charge is 0.271 e. The van der Waals surface area contributed by atoms with Gasteiger partial charge in [-0.2, -0.15) is 4.98 Å². The van der Waals surface area contributed by atoms with Gasteiger partial charge in [-0.25, -0.2) is 4.98 Å². The molecule has 0 radical (unpaired) electrons. The maximum absolute atomic E-state index is 12.4. The van der Waals surface area contributed by atoms with Crippen LogP contribution in [-0.4, -0.2) is 27.6 Å². The molecule has 0 bridgehead atoms. The van der Waals surface area contributed by atoms with Crippen molar-refractivity contribution in [1.29, 1.82) is 0 Å². The SMILES string of the molecule is CC(C)C(NC(=O)c1csc(CCN)n1)c1nc(C2CC2)no1.Cl. The van der Waals surface area contributed by atoms with E-state index in [-0.39, 0.29) is 30.3 Å². The third kappa shape index (κ3) is 4.31. The Morgan fingerprint density at radius 3 is 2.83 bits per heavy atom. The van der Waals surface area contributed by atoms with Crippen LogP contribution in [0.5, 0.6) is 0 Å². The fourth-order valence-electron chi connectivity index (χ4n) is 2.26. The first-order valence-electron chi connectivity index (χ1n) is 7.87. The predicted octanol–water partition coefficient (Wildman–Crippen LogP) is 2.45. The molecule has 1 aliphatic rings. The zero-order chi connectivity index (χ0) is 16.4. The number of carbonyl (C=O) groups excluding carboxylic acids is 1. The van der Waals surface area contributed by atoms with Crippen molar-refractivity contribution in [2.75, 3.05) is 6.54 Å². The summed E-state index contributed by atoms with van der Waals surface area (Å²) in [6.07, 6.45) is 2.90. The van der Waals surface area contributed by atoms with Gasteiger partial charge in [0.25, 0.3) is 5.91 Å². The Labute approximate surface area is 150 Å². The van der Waals surface area contributed by atoms with Gasteiger partial charge in [0.15, 0.2) is 5.82 Å². The Hall–Kier alpha value is -1.51. The Morgan fingerprint density at radius 1 is 1.46 bits per heavy atom. The van der Waals surface area contributed by atoms with Crippen LogP contribution >= 0.6 is 23.7 Å². The quantitative estimate of drug-likeness (QED) is 0.774. The largest absolute Gasteiger partial charge is 0.339 e. The third-order valence-electron chi connectivity index (χ3n) is 3.76. The molecule has 2 aromatic heterocycles. The van der Waals surface area contributed by atoms with E-state index in [0.717, 1.165) is 23.7 Å². The maximum atomic E-state index is 12.4. The first-order chi connectivity index (χ1) is 11.1. The van der Waals surface area contributed by atoms with E-state index in [2.05, 4.69) is 20.4 Å². The molecule has 0 saturated heterocycles. The lowest BCUT2D eigenvalue weighted by Crippen LogP contribution is -2.32. The van der Waals surface area contributed by atoms with Crippen molar-refractivity contribution >= 4 is 29.7 Å². The van der Waals surface area contributed by atoms with Gasteiger partial charge in [-0.15, -0.1) is 23.7 Å². The first kappa shape index (κ1) is 18.8. The summed E-state index contributed by atoms with van der Waals surface area (Å²) < 4.78 is 5.36. The molecule has 24 heavy (non-hydrogen) atoms. The summed E-state index contributed by atoms with van der Waals surface area (Å²) in [6.45, 7) is 4.54. The van der Waals surface area contributed by atoms with Crippen LogP contribution in [0.15, 0.2) is 9.90 Å². The number of hydrogen-bond donors (Lipinski definition) is 2. The van der Waals surface area contributed by atoms with Crippen molar-refractivity contribution in [1.82, 2.24) is 20.4 Å². The molecule has 1 atom stereocenters. The van der Waals surface area contributed by atoms with E-state index in [9.17, 15) is 4.79 Å². The van der Waals surface area contributed by atoms with Gasteiger partial charge < -0.3 is 15.6 Å². The normalized spacial score (nSPS) is 15.2. The highest BCUT2D eigenvalue weighted by molar-refractivity contribution is 7.09. The average Bonchev–Trinajstić information content (AvgIpc) is 3.07. The highest BCUT2D eigenvalue weighted by Crippen LogP contribution is 2.38. The molecule has 1 amide bonds. The van der Waals surface area contributed by atoms with Gasteiger partial charge in [0, 0.05) is 17.7 Å². The van der Waals surface area contributed by atoms with Crippen LogP contribution in [0.4, 0.5) is 0 Å². The van der Waals surface area contributed by atoms with Crippen molar-refractivity contribution in [3.05, 3.63) is 27.8 Å². The molecule has 1 saturated carbocycles. The lowest BCUT2D eigenvalue weighted by molar-refractivity contribution is 0.0909. The molecule has 2 aromatic rings. The highest BCUT2D eigenvalue weighted by atomic mass is 35.5. The molecular formula is C15H22ClN5O2S. The number of hydrogen-bond acceptors (Lipinski definition) is 7. The Balaban J connectivity index is 0.00000208. The highest BCUT2D eigenvalue weighted by Gasteiger charge is 2.32.